The Morgan fingerprint density at radius 3 is 1.83 bits per heavy atom. The highest BCUT2D eigenvalue weighted by atomic mass is 32.1. The summed E-state index contributed by atoms with van der Waals surface area (Å²) >= 11 is 0. The van der Waals surface area contributed by atoms with Crippen LogP contribution >= 0.6 is 14.8 Å². The molecule has 2 heteroatoms. The quantitative estimate of drug-likeness (QED) is 0.626. The van der Waals surface area contributed by atoms with Crippen molar-refractivity contribution < 1.29 is 0 Å². The van der Waals surface area contributed by atoms with Gasteiger partial charge in [0.2, 0.25) is 0 Å². The molecule has 1 aromatic rings. The van der Waals surface area contributed by atoms with Gasteiger partial charge in [-0.3, -0.25) is 0 Å². The molecule has 0 saturated heterocycles. The molecule has 0 nitrogen and oxygen atoms in total. The molecule has 1 rings (SSSR count). The Morgan fingerprint density at radius 2 is 1.50 bits per heavy atom. The van der Waals surface area contributed by atoms with Gasteiger partial charge in [-0.15, -0.1) is 0 Å². The van der Waals surface area contributed by atoms with Crippen LogP contribution in [0.3, 0.4) is 0 Å². The van der Waals surface area contributed by atoms with E-state index in [-0.39, 0.29) is 7.22 Å². The molecule has 0 atom stereocenters. The first-order valence-electron chi connectivity index (χ1n) is 4.59. The van der Waals surface area contributed by atoms with E-state index in [1.807, 2.05) is 0 Å². The van der Waals surface area contributed by atoms with E-state index in [1.54, 1.807) is 0 Å². The summed E-state index contributed by atoms with van der Waals surface area (Å²) < 4.78 is 0. The van der Waals surface area contributed by atoms with Crippen LogP contribution in [0.1, 0.15) is 25.0 Å². The normalized spacial score (nSPS) is 11.1. The Kier molecular flexibility index (Phi) is 3.81. The van der Waals surface area contributed by atoms with Crippen molar-refractivity contribution in [1.82, 2.24) is 0 Å². The van der Waals surface area contributed by atoms with Crippen LogP contribution in [0.2, 0.25) is 0 Å². The molecular formula is C10H18P2. The van der Waals surface area contributed by atoms with Crippen LogP contribution < -0.4 is 0 Å². The molecule has 0 aliphatic heterocycles. The van der Waals surface area contributed by atoms with Crippen molar-refractivity contribution in [2.45, 2.75) is 27.7 Å². The van der Waals surface area contributed by atoms with Crippen molar-refractivity contribution >= 4 is 14.8 Å². The minimum Gasteiger partial charge on any atom is -0.0997 e. The lowest BCUT2D eigenvalue weighted by molar-refractivity contribution is 1.41. The fourth-order valence-corrected chi connectivity index (χ4v) is 8.03. The Morgan fingerprint density at radius 1 is 1.08 bits per heavy atom. The maximum absolute atomic E-state index is 2.52. The fraction of sp³-hybridized carbons (Fsp3) is 0.600. The summed E-state index contributed by atoms with van der Waals surface area (Å²) in [5, 5.41) is 0. The molecule has 0 unspecified atom stereocenters. The summed E-state index contributed by atoms with van der Waals surface area (Å²) in [5.74, 6) is 5.03. The molecule has 0 aromatic carbocycles. The summed E-state index contributed by atoms with van der Waals surface area (Å²) in [5.41, 5.74) is 3.05. The topological polar surface area (TPSA) is 0 Å². The highest BCUT2D eigenvalue weighted by Gasteiger charge is 2.07. The van der Waals surface area contributed by atoms with Gasteiger partial charge in [0.05, 0.1) is 0 Å². The summed E-state index contributed by atoms with van der Waals surface area (Å²) in [6.07, 6.45) is 2.79. The van der Waals surface area contributed by atoms with Crippen LogP contribution in [0.4, 0.5) is 0 Å². The van der Waals surface area contributed by atoms with E-state index in [0.717, 1.165) is 0 Å². The first-order chi connectivity index (χ1) is 5.69. The standard InChI is InChI=1S/C10H18P2/c1-5-11(6-2)12-7-9(3)10(4)8-12/h7-8H,5-6H2,1-4H3. The minimum atomic E-state index is 0.153. The molecule has 0 aliphatic rings. The average Bonchev–Trinajstić information content (AvgIpc) is 2.35. The van der Waals surface area contributed by atoms with E-state index < -0.39 is 0 Å². The Hall–Kier alpha value is 0.210. The molecule has 0 fully saturated rings. The lowest BCUT2D eigenvalue weighted by atomic mass is 10.2. The van der Waals surface area contributed by atoms with Gasteiger partial charge in [-0.25, -0.2) is 0 Å². The van der Waals surface area contributed by atoms with Crippen molar-refractivity contribution in [3.8, 4) is 0 Å². The van der Waals surface area contributed by atoms with Crippen molar-refractivity contribution in [2.75, 3.05) is 12.3 Å². The SMILES string of the molecule is CCP(CC)p1cc(C)c(C)c1. The molecule has 0 aliphatic carbocycles. The van der Waals surface area contributed by atoms with Gasteiger partial charge in [0, 0.05) is 0 Å². The smallest absolute Gasteiger partial charge is 0.0281 e. The van der Waals surface area contributed by atoms with Gasteiger partial charge in [-0.2, -0.15) is 0 Å². The van der Waals surface area contributed by atoms with Crippen molar-refractivity contribution in [3.63, 3.8) is 0 Å². The number of aryl methyl sites for hydroxylation is 2. The van der Waals surface area contributed by atoms with Gasteiger partial charge >= 0.3 is 0 Å². The van der Waals surface area contributed by atoms with Crippen LogP contribution in [0.5, 0.6) is 0 Å². The van der Waals surface area contributed by atoms with E-state index in [0.29, 0.717) is 7.61 Å². The molecule has 1 aromatic heterocycles. The fourth-order valence-electron chi connectivity index (χ4n) is 1.35. The van der Waals surface area contributed by atoms with Gasteiger partial charge in [0.25, 0.3) is 0 Å². The second-order valence-electron chi connectivity index (χ2n) is 3.14. The molecule has 0 spiro atoms. The van der Waals surface area contributed by atoms with E-state index in [2.05, 4.69) is 39.3 Å². The molecule has 68 valence electrons. The molecular weight excluding hydrogens is 182 g/mol. The Labute approximate surface area is 78.1 Å². The van der Waals surface area contributed by atoms with Gasteiger partial charge in [-0.1, -0.05) is 28.7 Å². The number of hydrogen-bond donors (Lipinski definition) is 0. The Balaban J connectivity index is 2.86. The minimum absolute atomic E-state index is 0.153. The summed E-state index contributed by atoms with van der Waals surface area (Å²) in [6.45, 7) is 9.16. The van der Waals surface area contributed by atoms with Gasteiger partial charge in [-0.05, 0) is 48.9 Å². The molecule has 0 N–H and O–H groups in total. The van der Waals surface area contributed by atoms with Gasteiger partial charge in [0.15, 0.2) is 0 Å². The lowest BCUT2D eigenvalue weighted by Gasteiger charge is -2.11. The zero-order valence-corrected chi connectivity index (χ0v) is 10.3. The maximum atomic E-state index is 2.52. The first kappa shape index (κ1) is 10.3. The molecule has 1 heterocycles. The first-order valence-corrected chi connectivity index (χ1v) is 8.49. The second-order valence-corrected chi connectivity index (χ2v) is 9.78. The number of rotatable bonds is 3. The summed E-state index contributed by atoms with van der Waals surface area (Å²) in [4.78, 5) is 0. The van der Waals surface area contributed by atoms with E-state index in [4.69, 9.17) is 0 Å². The number of hydrogen-bond acceptors (Lipinski definition) is 0. The third-order valence-electron chi connectivity index (χ3n) is 2.33. The zero-order valence-electron chi connectivity index (χ0n) is 8.46. The highest BCUT2D eigenvalue weighted by molar-refractivity contribution is 8.25. The zero-order chi connectivity index (χ0) is 9.14. The average molecular weight is 200 g/mol. The van der Waals surface area contributed by atoms with Crippen molar-refractivity contribution in [3.05, 3.63) is 22.7 Å². The summed E-state index contributed by atoms with van der Waals surface area (Å²) in [7, 11) is 0.455. The van der Waals surface area contributed by atoms with Crippen LogP contribution in [-0.4, -0.2) is 12.3 Å². The predicted octanol–water partition coefficient (Wildman–Crippen LogP) is 4.57. The molecule has 0 amide bonds. The van der Waals surface area contributed by atoms with Crippen molar-refractivity contribution in [2.24, 2.45) is 0 Å². The van der Waals surface area contributed by atoms with Crippen LogP contribution in [0.15, 0.2) is 11.6 Å². The predicted molar refractivity (Wildman–Crippen MR) is 62.0 cm³/mol. The largest absolute Gasteiger partial charge is 0.0997 e. The maximum Gasteiger partial charge on any atom is -0.0281 e. The highest BCUT2D eigenvalue weighted by Crippen LogP contribution is 2.63. The third kappa shape index (κ3) is 2.12. The second kappa shape index (κ2) is 4.45. The van der Waals surface area contributed by atoms with E-state index in [1.165, 1.54) is 23.5 Å². The third-order valence-corrected chi connectivity index (χ3v) is 10.1. The van der Waals surface area contributed by atoms with Crippen LogP contribution in [0.25, 0.3) is 0 Å². The van der Waals surface area contributed by atoms with Gasteiger partial charge in [0.1, 0.15) is 0 Å². The molecule has 0 radical (unpaired) electrons. The van der Waals surface area contributed by atoms with E-state index >= 15 is 0 Å². The van der Waals surface area contributed by atoms with Crippen LogP contribution in [-0.2, 0) is 0 Å². The molecule has 0 bridgehead atoms. The van der Waals surface area contributed by atoms with E-state index in [9.17, 15) is 0 Å². The molecule has 0 saturated carbocycles. The monoisotopic (exact) mass is 200 g/mol. The Bertz CT molecular complexity index is 227. The van der Waals surface area contributed by atoms with Crippen LogP contribution in [0, 0.1) is 13.8 Å². The van der Waals surface area contributed by atoms with Crippen molar-refractivity contribution in [1.29, 1.82) is 0 Å². The summed E-state index contributed by atoms with van der Waals surface area (Å²) in [6, 6.07) is 0. The van der Waals surface area contributed by atoms with Gasteiger partial charge < -0.3 is 0 Å². The molecule has 12 heavy (non-hydrogen) atoms. The lowest BCUT2D eigenvalue weighted by Crippen LogP contribution is -1.73.